The molecule has 2 heterocycles. The Hall–Kier alpha value is -1.97. The van der Waals surface area contributed by atoms with Gasteiger partial charge in [-0.2, -0.15) is 0 Å². The normalized spacial score (nSPS) is 10.6. The molecule has 0 aliphatic carbocycles. The monoisotopic (exact) mass is 246 g/mol. The van der Waals surface area contributed by atoms with Crippen LogP contribution in [0.4, 0.5) is 0 Å². The van der Waals surface area contributed by atoms with E-state index < -0.39 is 0 Å². The molecule has 0 aromatic carbocycles. The van der Waals surface area contributed by atoms with Gasteiger partial charge in [0.1, 0.15) is 5.76 Å². The van der Waals surface area contributed by atoms with Crippen molar-refractivity contribution in [1.29, 1.82) is 0 Å². The molecule has 96 valence electrons. The summed E-state index contributed by atoms with van der Waals surface area (Å²) in [6.45, 7) is 5.48. The minimum atomic E-state index is -0.0931. The van der Waals surface area contributed by atoms with Gasteiger partial charge in [-0.1, -0.05) is 6.92 Å². The Morgan fingerprint density at radius 1 is 1.44 bits per heavy atom. The Bertz CT molecular complexity index is 525. The van der Waals surface area contributed by atoms with Crippen LogP contribution < -0.4 is 5.32 Å². The van der Waals surface area contributed by atoms with Gasteiger partial charge >= 0.3 is 0 Å². The van der Waals surface area contributed by atoms with Gasteiger partial charge in [-0.3, -0.25) is 4.79 Å². The predicted octanol–water partition coefficient (Wildman–Crippen LogP) is 2.73. The zero-order valence-electron chi connectivity index (χ0n) is 10.8. The standard InChI is InChI=1S/C14H18N2O2/c1-3-6-16-7-4-12(10-16)9-15-14(17)13-5-8-18-11(13)2/h4-5,7-8,10H,3,6,9H2,1-2H3,(H,15,17). The van der Waals surface area contributed by atoms with Crippen molar-refractivity contribution in [1.82, 2.24) is 9.88 Å². The van der Waals surface area contributed by atoms with Crippen LogP contribution in [0.5, 0.6) is 0 Å². The van der Waals surface area contributed by atoms with Crippen LogP contribution >= 0.6 is 0 Å². The Morgan fingerprint density at radius 2 is 2.28 bits per heavy atom. The van der Waals surface area contributed by atoms with Gasteiger partial charge in [0.05, 0.1) is 11.8 Å². The summed E-state index contributed by atoms with van der Waals surface area (Å²) in [4.78, 5) is 11.9. The van der Waals surface area contributed by atoms with Crippen LogP contribution in [0.3, 0.4) is 0 Å². The van der Waals surface area contributed by atoms with Gasteiger partial charge in [-0.05, 0) is 31.0 Å². The highest BCUT2D eigenvalue weighted by molar-refractivity contribution is 5.94. The molecule has 0 bridgehead atoms. The largest absolute Gasteiger partial charge is 0.469 e. The van der Waals surface area contributed by atoms with Crippen LogP contribution in [0, 0.1) is 6.92 Å². The van der Waals surface area contributed by atoms with E-state index in [1.165, 1.54) is 6.26 Å². The molecule has 0 atom stereocenters. The number of aryl methyl sites for hydroxylation is 2. The third-order valence-corrected chi connectivity index (χ3v) is 2.85. The summed E-state index contributed by atoms with van der Waals surface area (Å²) in [5.41, 5.74) is 1.71. The first-order valence-electron chi connectivity index (χ1n) is 6.17. The average molecular weight is 246 g/mol. The fraction of sp³-hybridized carbons (Fsp3) is 0.357. The van der Waals surface area contributed by atoms with E-state index in [2.05, 4.69) is 23.0 Å². The number of carbonyl (C=O) groups excluding carboxylic acids is 1. The Morgan fingerprint density at radius 3 is 2.94 bits per heavy atom. The lowest BCUT2D eigenvalue weighted by Gasteiger charge is -2.02. The third-order valence-electron chi connectivity index (χ3n) is 2.85. The SMILES string of the molecule is CCCn1ccc(CNC(=O)c2ccoc2C)c1. The molecule has 1 amide bonds. The van der Waals surface area contributed by atoms with E-state index >= 15 is 0 Å². The van der Waals surface area contributed by atoms with Crippen LogP contribution in [0.15, 0.2) is 35.2 Å². The van der Waals surface area contributed by atoms with Gasteiger partial charge in [0.2, 0.25) is 0 Å². The van der Waals surface area contributed by atoms with Crippen molar-refractivity contribution in [3.05, 3.63) is 47.7 Å². The molecule has 0 spiro atoms. The number of hydrogen-bond donors (Lipinski definition) is 1. The lowest BCUT2D eigenvalue weighted by Crippen LogP contribution is -2.22. The maximum Gasteiger partial charge on any atom is 0.255 e. The summed E-state index contributed by atoms with van der Waals surface area (Å²) >= 11 is 0. The van der Waals surface area contributed by atoms with E-state index in [0.717, 1.165) is 18.5 Å². The first kappa shape index (κ1) is 12.5. The fourth-order valence-corrected chi connectivity index (χ4v) is 1.89. The second-order valence-corrected chi connectivity index (χ2v) is 4.33. The molecule has 2 aromatic heterocycles. The number of aromatic nitrogens is 1. The first-order chi connectivity index (χ1) is 8.70. The molecule has 0 unspecified atom stereocenters. The maximum atomic E-state index is 11.9. The van der Waals surface area contributed by atoms with Crippen molar-refractivity contribution in [3.63, 3.8) is 0 Å². The number of nitrogens with one attached hydrogen (secondary N) is 1. The minimum Gasteiger partial charge on any atom is -0.469 e. The zero-order chi connectivity index (χ0) is 13.0. The Labute approximate surface area is 107 Å². The molecule has 0 aliphatic rings. The number of hydrogen-bond acceptors (Lipinski definition) is 2. The smallest absolute Gasteiger partial charge is 0.255 e. The molecule has 1 N–H and O–H groups in total. The summed E-state index contributed by atoms with van der Waals surface area (Å²) < 4.78 is 7.24. The van der Waals surface area contributed by atoms with Crippen LogP contribution in [0.2, 0.25) is 0 Å². The molecular formula is C14H18N2O2. The topological polar surface area (TPSA) is 47.2 Å². The summed E-state index contributed by atoms with van der Waals surface area (Å²) in [5.74, 6) is 0.556. The number of rotatable bonds is 5. The van der Waals surface area contributed by atoms with E-state index in [1.807, 2.05) is 12.3 Å². The van der Waals surface area contributed by atoms with Gasteiger partial charge in [-0.25, -0.2) is 0 Å². The van der Waals surface area contributed by atoms with Gasteiger partial charge in [0.15, 0.2) is 0 Å². The lowest BCUT2D eigenvalue weighted by molar-refractivity contribution is 0.0949. The lowest BCUT2D eigenvalue weighted by atomic mass is 10.2. The van der Waals surface area contributed by atoms with E-state index in [1.54, 1.807) is 13.0 Å². The maximum absolute atomic E-state index is 11.9. The van der Waals surface area contributed by atoms with E-state index in [-0.39, 0.29) is 5.91 Å². The van der Waals surface area contributed by atoms with Gasteiger partial charge in [0.25, 0.3) is 5.91 Å². The fourth-order valence-electron chi connectivity index (χ4n) is 1.89. The predicted molar refractivity (Wildman–Crippen MR) is 69.3 cm³/mol. The summed E-state index contributed by atoms with van der Waals surface area (Å²) in [5, 5.41) is 2.89. The van der Waals surface area contributed by atoms with E-state index in [4.69, 9.17) is 4.42 Å². The molecule has 0 saturated heterocycles. The van der Waals surface area contributed by atoms with Crippen LogP contribution in [0.1, 0.15) is 35.0 Å². The van der Waals surface area contributed by atoms with E-state index in [0.29, 0.717) is 17.9 Å². The minimum absolute atomic E-state index is 0.0931. The van der Waals surface area contributed by atoms with Gasteiger partial charge in [0, 0.05) is 25.5 Å². The number of nitrogens with zero attached hydrogens (tertiary/aromatic N) is 1. The molecule has 0 radical (unpaired) electrons. The highest BCUT2D eigenvalue weighted by Gasteiger charge is 2.10. The van der Waals surface area contributed by atoms with Crippen LogP contribution in [-0.4, -0.2) is 10.5 Å². The van der Waals surface area contributed by atoms with Crippen LogP contribution in [-0.2, 0) is 13.1 Å². The molecular weight excluding hydrogens is 228 g/mol. The number of amides is 1. The molecule has 4 heteroatoms. The number of furan rings is 1. The molecule has 0 saturated carbocycles. The van der Waals surface area contributed by atoms with Crippen molar-refractivity contribution in [2.75, 3.05) is 0 Å². The van der Waals surface area contributed by atoms with E-state index in [9.17, 15) is 4.79 Å². The van der Waals surface area contributed by atoms with Gasteiger partial charge < -0.3 is 14.3 Å². The van der Waals surface area contributed by atoms with Gasteiger partial charge in [-0.15, -0.1) is 0 Å². The molecule has 18 heavy (non-hydrogen) atoms. The highest BCUT2D eigenvalue weighted by atomic mass is 16.3. The quantitative estimate of drug-likeness (QED) is 0.881. The summed E-state index contributed by atoms with van der Waals surface area (Å²) in [6, 6.07) is 3.71. The molecule has 4 nitrogen and oxygen atoms in total. The summed E-state index contributed by atoms with van der Waals surface area (Å²) in [7, 11) is 0. The van der Waals surface area contributed by atoms with Crippen LogP contribution in [0.25, 0.3) is 0 Å². The summed E-state index contributed by atoms with van der Waals surface area (Å²) in [6.07, 6.45) is 6.73. The second-order valence-electron chi connectivity index (χ2n) is 4.33. The van der Waals surface area contributed by atoms with Crippen molar-refractivity contribution in [2.45, 2.75) is 33.4 Å². The van der Waals surface area contributed by atoms with Crippen molar-refractivity contribution < 1.29 is 9.21 Å². The third kappa shape index (κ3) is 2.83. The molecule has 0 aliphatic heterocycles. The van der Waals surface area contributed by atoms with Crippen molar-refractivity contribution >= 4 is 5.91 Å². The Balaban J connectivity index is 1.91. The number of carbonyl (C=O) groups is 1. The molecule has 0 fully saturated rings. The molecule has 2 rings (SSSR count). The van der Waals surface area contributed by atoms with Crippen molar-refractivity contribution in [2.24, 2.45) is 0 Å². The Kier molecular flexibility index (Phi) is 3.87. The second kappa shape index (κ2) is 5.58. The first-order valence-corrected chi connectivity index (χ1v) is 6.17. The highest BCUT2D eigenvalue weighted by Crippen LogP contribution is 2.09. The molecule has 2 aromatic rings. The average Bonchev–Trinajstić information content (AvgIpc) is 2.96. The zero-order valence-corrected chi connectivity index (χ0v) is 10.8. The van der Waals surface area contributed by atoms with Crippen molar-refractivity contribution in [3.8, 4) is 0 Å².